The zero-order chi connectivity index (χ0) is 12.8. The van der Waals surface area contributed by atoms with Gasteiger partial charge >= 0.3 is 0 Å². The number of aromatic nitrogens is 3. The van der Waals surface area contributed by atoms with E-state index in [1.807, 2.05) is 0 Å². The van der Waals surface area contributed by atoms with Crippen molar-refractivity contribution in [3.8, 4) is 11.8 Å². The third-order valence-electron chi connectivity index (χ3n) is 2.15. The van der Waals surface area contributed by atoms with Crippen LogP contribution in [0.1, 0.15) is 15.9 Å². The summed E-state index contributed by atoms with van der Waals surface area (Å²) in [6.45, 7) is 0.234. The van der Waals surface area contributed by atoms with Gasteiger partial charge in [-0.3, -0.25) is 14.9 Å². The van der Waals surface area contributed by atoms with E-state index in [-0.39, 0.29) is 12.5 Å². The molecular weight excluding hydrogens is 230 g/mol. The molecule has 0 aliphatic rings. The minimum Gasteiger partial charge on any atom is -0.320 e. The zero-order valence-electron chi connectivity index (χ0n) is 9.47. The van der Waals surface area contributed by atoms with Crippen molar-refractivity contribution in [3.63, 3.8) is 0 Å². The number of aromatic amines is 1. The Morgan fingerprint density at radius 2 is 2.39 bits per heavy atom. The molecule has 6 heteroatoms. The second-order valence-electron chi connectivity index (χ2n) is 3.37. The van der Waals surface area contributed by atoms with Gasteiger partial charge in [-0.25, -0.2) is 0 Å². The molecule has 0 saturated carbocycles. The van der Waals surface area contributed by atoms with Gasteiger partial charge in [0.1, 0.15) is 0 Å². The molecule has 1 amide bonds. The van der Waals surface area contributed by atoms with Gasteiger partial charge in [0.25, 0.3) is 5.91 Å². The number of amides is 1. The average Bonchev–Trinajstić information content (AvgIpc) is 2.89. The third kappa shape index (κ3) is 2.72. The van der Waals surface area contributed by atoms with Gasteiger partial charge in [-0.05, 0) is 6.07 Å². The van der Waals surface area contributed by atoms with Crippen LogP contribution in [-0.4, -0.2) is 27.6 Å². The van der Waals surface area contributed by atoms with Crippen LogP contribution in [0.3, 0.4) is 0 Å². The molecule has 0 aliphatic carbocycles. The third-order valence-corrected chi connectivity index (χ3v) is 2.15. The van der Waals surface area contributed by atoms with Crippen LogP contribution in [-0.2, 0) is 0 Å². The quantitative estimate of drug-likeness (QED) is 0.662. The van der Waals surface area contributed by atoms with E-state index in [9.17, 15) is 4.79 Å². The topological polar surface area (TPSA) is 96.7 Å². The Morgan fingerprint density at radius 1 is 1.50 bits per heavy atom. The Balaban J connectivity index is 2.24. The summed E-state index contributed by atoms with van der Waals surface area (Å²) < 4.78 is 0. The lowest BCUT2D eigenvalue weighted by Gasteiger charge is -2.03. The zero-order valence-corrected chi connectivity index (χ0v) is 9.47. The number of nitrogens with zero attached hydrogens (tertiary/aromatic N) is 2. The van der Waals surface area contributed by atoms with Crippen LogP contribution < -0.4 is 11.1 Å². The summed E-state index contributed by atoms with van der Waals surface area (Å²) in [6.07, 6.45) is 6.18. The summed E-state index contributed by atoms with van der Waals surface area (Å²) in [5.41, 5.74) is 6.89. The van der Waals surface area contributed by atoms with E-state index in [0.29, 0.717) is 16.8 Å². The highest BCUT2D eigenvalue weighted by Gasteiger charge is 2.10. The first-order valence-electron chi connectivity index (χ1n) is 5.24. The number of nitrogens with two attached hydrogens (primary N) is 1. The predicted octanol–water partition coefficient (Wildman–Crippen LogP) is 0.367. The first-order chi connectivity index (χ1) is 8.81. The normalized spacial score (nSPS) is 9.39. The number of rotatable bonds is 2. The second-order valence-corrected chi connectivity index (χ2v) is 3.37. The fraction of sp³-hybridized carbons (Fsp3) is 0.0833. The van der Waals surface area contributed by atoms with Gasteiger partial charge in [0.15, 0.2) is 0 Å². The van der Waals surface area contributed by atoms with Crippen LogP contribution in [0.5, 0.6) is 0 Å². The van der Waals surface area contributed by atoms with Gasteiger partial charge in [0.2, 0.25) is 0 Å². The van der Waals surface area contributed by atoms with Crippen molar-refractivity contribution in [2.75, 3.05) is 11.9 Å². The van der Waals surface area contributed by atoms with Crippen molar-refractivity contribution in [2.24, 2.45) is 5.73 Å². The molecule has 2 aromatic rings. The highest BCUT2D eigenvalue weighted by molar-refractivity contribution is 6.05. The number of nitrogens with one attached hydrogen (secondary N) is 2. The number of anilines is 1. The number of hydrogen-bond acceptors (Lipinski definition) is 4. The fourth-order valence-corrected chi connectivity index (χ4v) is 1.36. The maximum Gasteiger partial charge on any atom is 0.257 e. The molecule has 0 bridgehead atoms. The smallest absolute Gasteiger partial charge is 0.257 e. The Kier molecular flexibility index (Phi) is 3.69. The first-order valence-corrected chi connectivity index (χ1v) is 5.24. The van der Waals surface area contributed by atoms with Gasteiger partial charge in [0.05, 0.1) is 29.6 Å². The predicted molar refractivity (Wildman–Crippen MR) is 66.7 cm³/mol. The van der Waals surface area contributed by atoms with Gasteiger partial charge in [0, 0.05) is 18.6 Å². The first kappa shape index (κ1) is 11.8. The molecule has 0 radical (unpaired) electrons. The number of pyridine rings is 1. The Bertz CT molecular complexity index is 594. The molecule has 0 unspecified atom stereocenters. The SMILES string of the molecule is NCC#Cc1cnccc1C(=O)Nc1cn[nH]c1. The van der Waals surface area contributed by atoms with Crippen molar-refractivity contribution >= 4 is 11.6 Å². The van der Waals surface area contributed by atoms with E-state index in [4.69, 9.17) is 5.73 Å². The molecule has 0 spiro atoms. The van der Waals surface area contributed by atoms with Crippen LogP contribution in [0, 0.1) is 11.8 Å². The largest absolute Gasteiger partial charge is 0.320 e. The van der Waals surface area contributed by atoms with Crippen molar-refractivity contribution < 1.29 is 4.79 Å². The van der Waals surface area contributed by atoms with E-state index in [0.717, 1.165) is 0 Å². The Labute approximate surface area is 104 Å². The average molecular weight is 241 g/mol. The summed E-state index contributed by atoms with van der Waals surface area (Å²) in [5.74, 6) is 5.25. The van der Waals surface area contributed by atoms with E-state index >= 15 is 0 Å². The summed E-state index contributed by atoms with van der Waals surface area (Å²) in [7, 11) is 0. The maximum absolute atomic E-state index is 12.0. The number of hydrogen-bond donors (Lipinski definition) is 3. The van der Waals surface area contributed by atoms with E-state index in [1.165, 1.54) is 18.6 Å². The molecule has 0 fully saturated rings. The van der Waals surface area contributed by atoms with Crippen LogP contribution in [0.15, 0.2) is 30.9 Å². The molecule has 0 aromatic carbocycles. The minimum absolute atomic E-state index is 0.234. The summed E-state index contributed by atoms with van der Waals surface area (Å²) in [6, 6.07) is 1.61. The van der Waals surface area contributed by atoms with Crippen molar-refractivity contribution in [3.05, 3.63) is 42.0 Å². The van der Waals surface area contributed by atoms with Crippen molar-refractivity contribution in [1.82, 2.24) is 15.2 Å². The highest BCUT2D eigenvalue weighted by Crippen LogP contribution is 2.09. The molecule has 0 saturated heterocycles. The second kappa shape index (κ2) is 5.61. The van der Waals surface area contributed by atoms with Gasteiger partial charge in [-0.2, -0.15) is 5.10 Å². The maximum atomic E-state index is 12.0. The van der Waals surface area contributed by atoms with E-state index in [1.54, 1.807) is 12.3 Å². The number of carbonyl (C=O) groups excluding carboxylic acids is 1. The van der Waals surface area contributed by atoms with Crippen LogP contribution in [0.25, 0.3) is 0 Å². The Morgan fingerprint density at radius 3 is 3.11 bits per heavy atom. The monoisotopic (exact) mass is 241 g/mol. The Hall–Kier alpha value is -2.65. The van der Waals surface area contributed by atoms with Gasteiger partial charge < -0.3 is 11.1 Å². The number of carbonyl (C=O) groups is 1. The summed E-state index contributed by atoms with van der Waals surface area (Å²) in [4.78, 5) is 16.0. The van der Waals surface area contributed by atoms with E-state index in [2.05, 4.69) is 32.3 Å². The molecule has 6 nitrogen and oxygen atoms in total. The molecule has 2 heterocycles. The van der Waals surface area contributed by atoms with Crippen LogP contribution >= 0.6 is 0 Å². The molecule has 0 atom stereocenters. The summed E-state index contributed by atoms with van der Waals surface area (Å²) in [5, 5.41) is 9.05. The van der Waals surface area contributed by atoms with Crippen LogP contribution in [0.2, 0.25) is 0 Å². The lowest BCUT2D eigenvalue weighted by Crippen LogP contribution is -2.13. The van der Waals surface area contributed by atoms with E-state index < -0.39 is 0 Å². The molecule has 18 heavy (non-hydrogen) atoms. The van der Waals surface area contributed by atoms with Crippen molar-refractivity contribution in [1.29, 1.82) is 0 Å². The van der Waals surface area contributed by atoms with Crippen LogP contribution in [0.4, 0.5) is 5.69 Å². The molecule has 2 aromatic heterocycles. The molecular formula is C12H11N5O. The molecule has 90 valence electrons. The minimum atomic E-state index is -0.264. The number of H-pyrrole nitrogens is 1. The molecule has 2 rings (SSSR count). The summed E-state index contributed by atoms with van der Waals surface area (Å²) >= 11 is 0. The lowest BCUT2D eigenvalue weighted by molar-refractivity contribution is 0.102. The standard InChI is InChI=1S/C12H11N5O/c13-4-1-2-9-6-14-5-3-11(9)12(18)17-10-7-15-16-8-10/h3,5-8H,4,13H2,(H,15,16)(H,17,18). The molecule has 0 aliphatic heterocycles. The van der Waals surface area contributed by atoms with Crippen molar-refractivity contribution in [2.45, 2.75) is 0 Å². The van der Waals surface area contributed by atoms with Gasteiger partial charge in [-0.1, -0.05) is 11.8 Å². The highest BCUT2D eigenvalue weighted by atomic mass is 16.1. The molecule has 4 N–H and O–H groups in total. The lowest BCUT2D eigenvalue weighted by atomic mass is 10.1. The van der Waals surface area contributed by atoms with Gasteiger partial charge in [-0.15, -0.1) is 0 Å². The fourth-order valence-electron chi connectivity index (χ4n) is 1.36.